The predicted octanol–water partition coefficient (Wildman–Crippen LogP) is 2.56. The van der Waals surface area contributed by atoms with Gasteiger partial charge in [0.15, 0.2) is 0 Å². The fourth-order valence-electron chi connectivity index (χ4n) is 5.14. The average Bonchev–Trinajstić information content (AvgIpc) is 3.44. The van der Waals surface area contributed by atoms with E-state index >= 15 is 0 Å². The van der Waals surface area contributed by atoms with Gasteiger partial charge >= 0.3 is 0 Å². The van der Waals surface area contributed by atoms with Crippen molar-refractivity contribution in [1.82, 2.24) is 25.4 Å². The van der Waals surface area contributed by atoms with Crippen LogP contribution in [0.2, 0.25) is 0 Å². The highest BCUT2D eigenvalue weighted by molar-refractivity contribution is 6.07. The molecular weight excluding hydrogens is 434 g/mol. The van der Waals surface area contributed by atoms with E-state index in [0.29, 0.717) is 5.56 Å². The molecule has 2 aliphatic carbocycles. The number of carboxylic acid groups (broad SMARTS) is 1. The third-order valence-electron chi connectivity index (χ3n) is 6.94. The lowest BCUT2D eigenvalue weighted by Crippen LogP contribution is -2.44. The first kappa shape index (κ1) is 23.5. The number of hydrogen-bond donors (Lipinski definition) is 4. The van der Waals surface area contributed by atoms with Crippen molar-refractivity contribution in [2.24, 2.45) is 13.0 Å². The fourth-order valence-corrected chi connectivity index (χ4v) is 5.14. The Morgan fingerprint density at radius 2 is 1.85 bits per heavy atom. The maximum atomic E-state index is 12.9. The Bertz CT molecular complexity index is 1160. The van der Waals surface area contributed by atoms with E-state index in [-0.39, 0.29) is 36.3 Å². The van der Waals surface area contributed by atoms with E-state index in [1.807, 2.05) is 48.3 Å². The quantitative estimate of drug-likeness (QED) is 0.440. The number of amides is 2. The molecule has 1 fully saturated rings. The van der Waals surface area contributed by atoms with Crippen LogP contribution in [0, 0.1) is 5.92 Å². The molecule has 0 radical (unpaired) electrons. The molecule has 4 N–H and O–H groups in total. The Labute approximate surface area is 197 Å². The highest BCUT2D eigenvalue weighted by Gasteiger charge is 2.30. The van der Waals surface area contributed by atoms with Gasteiger partial charge in [0.25, 0.3) is 12.4 Å². The molecule has 1 saturated carbocycles. The van der Waals surface area contributed by atoms with Crippen molar-refractivity contribution in [3.05, 3.63) is 53.5 Å². The molecular formula is C25H31N5O4. The summed E-state index contributed by atoms with van der Waals surface area (Å²) in [7, 11) is 1.96. The molecule has 0 spiro atoms. The fraction of sp³-hybridized carbons (Fsp3) is 0.440. The summed E-state index contributed by atoms with van der Waals surface area (Å²) in [6.07, 6.45) is 9.85. The summed E-state index contributed by atoms with van der Waals surface area (Å²) < 4.78 is 1.99. The molecule has 0 saturated heterocycles. The Morgan fingerprint density at radius 3 is 2.62 bits per heavy atom. The first-order valence-electron chi connectivity index (χ1n) is 11.7. The summed E-state index contributed by atoms with van der Waals surface area (Å²) in [4.78, 5) is 34.0. The Hall–Kier alpha value is -3.62. The van der Waals surface area contributed by atoms with Crippen molar-refractivity contribution in [2.75, 3.05) is 0 Å². The van der Waals surface area contributed by atoms with Crippen LogP contribution in [-0.4, -0.2) is 50.2 Å². The van der Waals surface area contributed by atoms with Gasteiger partial charge in [0.05, 0.1) is 11.8 Å². The van der Waals surface area contributed by atoms with Gasteiger partial charge in [0, 0.05) is 54.3 Å². The molecule has 2 aromatic heterocycles. The third kappa shape index (κ3) is 5.13. The van der Waals surface area contributed by atoms with Gasteiger partial charge in [-0.2, -0.15) is 5.10 Å². The summed E-state index contributed by atoms with van der Waals surface area (Å²) in [6, 6.07) is 8.26. The second-order valence-corrected chi connectivity index (χ2v) is 9.12. The summed E-state index contributed by atoms with van der Waals surface area (Å²) in [5.41, 5.74) is 4.19. The normalized spacial score (nSPS) is 21.6. The van der Waals surface area contributed by atoms with Crippen molar-refractivity contribution in [3.63, 3.8) is 0 Å². The molecule has 0 bridgehead atoms. The lowest BCUT2D eigenvalue weighted by atomic mass is 9.84. The molecule has 9 heteroatoms. The minimum Gasteiger partial charge on any atom is -0.483 e. The smallest absolute Gasteiger partial charge is 0.290 e. The van der Waals surface area contributed by atoms with Gasteiger partial charge in [0.1, 0.15) is 0 Å². The number of aromatic amines is 1. The van der Waals surface area contributed by atoms with Gasteiger partial charge in [0.2, 0.25) is 5.91 Å². The van der Waals surface area contributed by atoms with Crippen LogP contribution in [0.1, 0.15) is 53.7 Å². The second kappa shape index (κ2) is 10.5. The van der Waals surface area contributed by atoms with Crippen LogP contribution in [0.4, 0.5) is 0 Å². The highest BCUT2D eigenvalue weighted by atomic mass is 16.3. The molecule has 9 nitrogen and oxygen atoms in total. The molecule has 2 amide bonds. The zero-order chi connectivity index (χ0) is 24.1. The summed E-state index contributed by atoms with van der Waals surface area (Å²) >= 11 is 0. The zero-order valence-electron chi connectivity index (χ0n) is 19.3. The minimum atomic E-state index is -0.250. The van der Waals surface area contributed by atoms with Crippen LogP contribution in [0.15, 0.2) is 36.7 Å². The van der Waals surface area contributed by atoms with Crippen LogP contribution in [0.25, 0.3) is 10.9 Å². The number of nitrogens with zero attached hydrogens (tertiary/aromatic N) is 2. The van der Waals surface area contributed by atoms with Crippen molar-refractivity contribution in [2.45, 2.75) is 57.0 Å². The van der Waals surface area contributed by atoms with Gasteiger partial charge in [-0.15, -0.1) is 0 Å². The van der Waals surface area contributed by atoms with Crippen molar-refractivity contribution in [1.29, 1.82) is 0 Å². The first-order chi connectivity index (χ1) is 16.5. The standard InChI is InChI=1S/C24H29N5O2.CH2O2/c1-29-14-20(19-4-2-3-5-22(19)29)24(31)26-17-9-6-15(7-10-17)23(30)27-18-11-8-16-13-25-28-21(16)12-18;2-1-3/h2-5,13-15,17-18H,6-12H2,1H3,(H,25,28)(H,26,31)(H,27,30);1H,(H,2,3). The Kier molecular flexibility index (Phi) is 7.30. The van der Waals surface area contributed by atoms with Crippen LogP contribution in [0.5, 0.6) is 0 Å². The summed E-state index contributed by atoms with van der Waals surface area (Å²) in [5, 5.41) is 21.5. The van der Waals surface area contributed by atoms with E-state index in [1.165, 1.54) is 5.56 Å². The van der Waals surface area contributed by atoms with E-state index in [9.17, 15) is 9.59 Å². The molecule has 1 aromatic carbocycles. The molecule has 2 heterocycles. The van der Waals surface area contributed by atoms with Crippen LogP contribution < -0.4 is 10.6 Å². The number of H-pyrrole nitrogens is 1. The lowest BCUT2D eigenvalue weighted by Gasteiger charge is -2.30. The molecule has 180 valence electrons. The van der Waals surface area contributed by atoms with Crippen molar-refractivity contribution < 1.29 is 19.5 Å². The molecule has 34 heavy (non-hydrogen) atoms. The van der Waals surface area contributed by atoms with Gasteiger partial charge in [-0.1, -0.05) is 18.2 Å². The first-order valence-corrected chi connectivity index (χ1v) is 11.7. The molecule has 1 unspecified atom stereocenters. The van der Waals surface area contributed by atoms with Gasteiger partial charge in [-0.05, 0) is 50.2 Å². The number of aryl methyl sites for hydroxylation is 2. The average molecular weight is 466 g/mol. The van der Waals surface area contributed by atoms with E-state index in [0.717, 1.165) is 61.5 Å². The van der Waals surface area contributed by atoms with Gasteiger partial charge < -0.3 is 20.3 Å². The number of para-hydroxylation sites is 1. The molecule has 5 rings (SSSR count). The molecule has 2 aliphatic rings. The number of fused-ring (bicyclic) bond motifs is 2. The number of benzene rings is 1. The maximum absolute atomic E-state index is 12.9. The highest BCUT2D eigenvalue weighted by Crippen LogP contribution is 2.27. The monoisotopic (exact) mass is 465 g/mol. The number of carbonyl (C=O) groups excluding carboxylic acids is 2. The van der Waals surface area contributed by atoms with Crippen LogP contribution in [-0.2, 0) is 29.5 Å². The topological polar surface area (TPSA) is 129 Å². The number of carbonyl (C=O) groups is 3. The second-order valence-electron chi connectivity index (χ2n) is 9.12. The van der Waals surface area contributed by atoms with Crippen LogP contribution in [0.3, 0.4) is 0 Å². The molecule has 3 aromatic rings. The van der Waals surface area contributed by atoms with E-state index in [1.54, 1.807) is 0 Å². The van der Waals surface area contributed by atoms with E-state index < -0.39 is 0 Å². The number of nitrogens with one attached hydrogen (secondary N) is 3. The Balaban J connectivity index is 0.000000868. The number of hydrogen-bond acceptors (Lipinski definition) is 4. The molecule has 1 atom stereocenters. The summed E-state index contributed by atoms with van der Waals surface area (Å²) in [5.74, 6) is 0.169. The zero-order valence-corrected chi connectivity index (χ0v) is 19.3. The molecule has 0 aliphatic heterocycles. The number of rotatable bonds is 4. The minimum absolute atomic E-state index is 0.0257. The lowest BCUT2D eigenvalue weighted by molar-refractivity contribution is -0.127. The Morgan fingerprint density at radius 1 is 1.12 bits per heavy atom. The van der Waals surface area contributed by atoms with E-state index in [4.69, 9.17) is 9.90 Å². The van der Waals surface area contributed by atoms with Crippen molar-refractivity contribution >= 4 is 29.2 Å². The van der Waals surface area contributed by atoms with Crippen molar-refractivity contribution in [3.8, 4) is 0 Å². The summed E-state index contributed by atoms with van der Waals surface area (Å²) in [6.45, 7) is -0.250. The van der Waals surface area contributed by atoms with Gasteiger partial charge in [-0.25, -0.2) is 0 Å². The third-order valence-corrected chi connectivity index (χ3v) is 6.94. The SMILES string of the molecule is Cn1cc(C(=O)NC2CCC(C(=O)NC3CCc4cn[nH]c4C3)CC2)c2ccccc21.O=CO. The number of aromatic nitrogens is 3. The van der Waals surface area contributed by atoms with Crippen LogP contribution >= 0.6 is 0 Å². The van der Waals surface area contributed by atoms with E-state index in [2.05, 4.69) is 20.8 Å². The largest absolute Gasteiger partial charge is 0.483 e. The maximum Gasteiger partial charge on any atom is 0.290 e. The predicted molar refractivity (Wildman–Crippen MR) is 127 cm³/mol. The van der Waals surface area contributed by atoms with Gasteiger partial charge in [-0.3, -0.25) is 19.5 Å².